The van der Waals surface area contributed by atoms with Gasteiger partial charge in [0.1, 0.15) is 5.65 Å². The second-order valence-electron chi connectivity index (χ2n) is 5.39. The summed E-state index contributed by atoms with van der Waals surface area (Å²) in [6.07, 6.45) is 10.5. The number of nitrogens with zero attached hydrogens (tertiary/aromatic N) is 2. The van der Waals surface area contributed by atoms with Gasteiger partial charge >= 0.3 is 0 Å². The fourth-order valence-electron chi connectivity index (χ4n) is 2.68. The third-order valence-corrected chi connectivity index (χ3v) is 3.78. The van der Waals surface area contributed by atoms with Gasteiger partial charge in [-0.2, -0.15) is 0 Å². The van der Waals surface area contributed by atoms with E-state index in [0.717, 1.165) is 11.1 Å². The lowest BCUT2D eigenvalue weighted by atomic mass is 9.99. The van der Waals surface area contributed by atoms with Crippen LogP contribution in [0.25, 0.3) is 22.5 Å². The summed E-state index contributed by atoms with van der Waals surface area (Å²) in [7, 11) is 0. The minimum atomic E-state index is -0.119. The summed E-state index contributed by atoms with van der Waals surface area (Å²) < 4.78 is 1.56. The fourth-order valence-corrected chi connectivity index (χ4v) is 2.68. The average Bonchev–Trinajstić information content (AvgIpc) is 2.80. The highest BCUT2D eigenvalue weighted by Gasteiger charge is 2.16. The topological polar surface area (TPSA) is 34.4 Å². The molecule has 3 heteroatoms. The molecule has 0 aliphatic rings. The molecule has 0 aliphatic carbocycles. The van der Waals surface area contributed by atoms with E-state index >= 15 is 0 Å². The first-order valence-electron chi connectivity index (χ1n) is 9.95. The average molecular weight is 387 g/mol. The summed E-state index contributed by atoms with van der Waals surface area (Å²) in [5.41, 5.74) is 3.31. The van der Waals surface area contributed by atoms with Gasteiger partial charge in [-0.15, -0.1) is 0 Å². The molecule has 0 spiro atoms. The van der Waals surface area contributed by atoms with Crippen molar-refractivity contribution in [2.45, 2.75) is 27.7 Å². The van der Waals surface area contributed by atoms with Crippen LogP contribution in [0.4, 0.5) is 0 Å². The van der Waals surface area contributed by atoms with Crippen molar-refractivity contribution in [1.29, 1.82) is 0 Å². The zero-order chi connectivity index (χ0) is 21.6. The summed E-state index contributed by atoms with van der Waals surface area (Å²) in [6, 6.07) is 15.2. The number of hydrogen-bond donors (Lipinski definition) is 0. The van der Waals surface area contributed by atoms with Gasteiger partial charge in [0.25, 0.3) is 5.56 Å². The van der Waals surface area contributed by atoms with Gasteiger partial charge in [-0.25, -0.2) is 4.98 Å². The Morgan fingerprint density at radius 1 is 0.931 bits per heavy atom. The van der Waals surface area contributed by atoms with Crippen LogP contribution in [0.15, 0.2) is 103 Å². The van der Waals surface area contributed by atoms with Crippen molar-refractivity contribution in [1.82, 2.24) is 9.38 Å². The maximum absolute atomic E-state index is 13.2. The lowest BCUT2D eigenvalue weighted by molar-refractivity contribution is 1.04. The molecule has 0 saturated carbocycles. The Bertz CT molecular complexity index is 1040. The number of rotatable bonds is 5. The minimum Gasteiger partial charge on any atom is -0.268 e. The SMILES string of the molecule is C=C/C=C\C(=C/C=C)c1c(-c2ccccc2)nc2ccccn2c1=O.CC.CC. The smallest absolute Gasteiger partial charge is 0.266 e. The predicted octanol–water partition coefficient (Wildman–Crippen LogP) is 6.73. The van der Waals surface area contributed by atoms with Gasteiger partial charge in [0.15, 0.2) is 0 Å². The fraction of sp³-hybridized carbons (Fsp3) is 0.154. The molecule has 0 saturated heterocycles. The number of hydrogen-bond acceptors (Lipinski definition) is 2. The third kappa shape index (κ3) is 5.76. The molecular formula is C26H30N2O. The van der Waals surface area contributed by atoms with Crippen LogP contribution >= 0.6 is 0 Å². The molecule has 2 heterocycles. The molecule has 1 aromatic carbocycles. The van der Waals surface area contributed by atoms with E-state index in [9.17, 15) is 4.79 Å². The van der Waals surface area contributed by atoms with E-state index in [1.54, 1.807) is 34.9 Å². The normalized spacial score (nSPS) is 10.6. The van der Waals surface area contributed by atoms with Crippen molar-refractivity contribution in [3.8, 4) is 11.3 Å². The van der Waals surface area contributed by atoms with Crippen LogP contribution in [0.3, 0.4) is 0 Å². The molecule has 0 fully saturated rings. The summed E-state index contributed by atoms with van der Waals surface area (Å²) in [5.74, 6) is 0. The van der Waals surface area contributed by atoms with E-state index in [4.69, 9.17) is 4.98 Å². The molecule has 0 atom stereocenters. The molecule has 2 aromatic heterocycles. The maximum atomic E-state index is 13.2. The predicted molar refractivity (Wildman–Crippen MR) is 127 cm³/mol. The first-order valence-corrected chi connectivity index (χ1v) is 9.95. The lowest BCUT2D eigenvalue weighted by Crippen LogP contribution is -2.20. The Balaban J connectivity index is 0.000000989. The van der Waals surface area contributed by atoms with E-state index < -0.39 is 0 Å². The molecule has 3 aromatic rings. The van der Waals surface area contributed by atoms with Crippen LogP contribution < -0.4 is 5.56 Å². The van der Waals surface area contributed by atoms with E-state index in [1.165, 1.54) is 0 Å². The molecule has 150 valence electrons. The highest BCUT2D eigenvalue weighted by atomic mass is 16.1. The third-order valence-electron chi connectivity index (χ3n) is 3.78. The van der Waals surface area contributed by atoms with Crippen molar-refractivity contribution >= 4 is 11.2 Å². The minimum absolute atomic E-state index is 0.119. The molecule has 0 unspecified atom stereocenters. The van der Waals surface area contributed by atoms with Crippen LogP contribution in [0.5, 0.6) is 0 Å². The van der Waals surface area contributed by atoms with E-state index in [-0.39, 0.29) is 5.56 Å². The van der Waals surface area contributed by atoms with Gasteiger partial charge in [-0.05, 0) is 17.7 Å². The van der Waals surface area contributed by atoms with Crippen molar-refractivity contribution in [2.75, 3.05) is 0 Å². The van der Waals surface area contributed by atoms with Crippen LogP contribution in [-0.2, 0) is 0 Å². The number of allylic oxidation sites excluding steroid dienone is 6. The molecule has 0 radical (unpaired) electrons. The number of benzene rings is 1. The van der Waals surface area contributed by atoms with Crippen LogP contribution in [0.2, 0.25) is 0 Å². The Morgan fingerprint density at radius 3 is 2.21 bits per heavy atom. The van der Waals surface area contributed by atoms with Crippen molar-refractivity contribution in [3.63, 3.8) is 0 Å². The Morgan fingerprint density at radius 2 is 1.59 bits per heavy atom. The zero-order valence-corrected chi connectivity index (χ0v) is 17.8. The van der Waals surface area contributed by atoms with Gasteiger partial charge < -0.3 is 0 Å². The lowest BCUT2D eigenvalue weighted by Gasteiger charge is -2.12. The monoisotopic (exact) mass is 386 g/mol. The molecule has 0 N–H and O–H groups in total. The summed E-state index contributed by atoms with van der Waals surface area (Å²) >= 11 is 0. The quantitative estimate of drug-likeness (QED) is 0.456. The van der Waals surface area contributed by atoms with Crippen LogP contribution in [0, 0.1) is 0 Å². The van der Waals surface area contributed by atoms with Crippen LogP contribution in [0.1, 0.15) is 33.3 Å². The first-order chi connectivity index (χ1) is 14.3. The highest BCUT2D eigenvalue weighted by Crippen LogP contribution is 2.26. The molecule has 3 rings (SSSR count). The molecule has 29 heavy (non-hydrogen) atoms. The number of fused-ring (bicyclic) bond motifs is 1. The number of pyridine rings is 1. The first kappa shape index (κ1) is 23.6. The Kier molecular flexibility index (Phi) is 10.4. The summed E-state index contributed by atoms with van der Waals surface area (Å²) in [5, 5.41) is 0. The van der Waals surface area contributed by atoms with Crippen molar-refractivity contribution in [2.24, 2.45) is 0 Å². The molecule has 0 amide bonds. The van der Waals surface area contributed by atoms with Crippen molar-refractivity contribution in [3.05, 3.63) is 114 Å². The van der Waals surface area contributed by atoms with Gasteiger partial charge in [0, 0.05) is 11.8 Å². The zero-order valence-electron chi connectivity index (χ0n) is 17.8. The van der Waals surface area contributed by atoms with E-state index in [2.05, 4.69) is 13.2 Å². The maximum Gasteiger partial charge on any atom is 0.266 e. The standard InChI is InChI=1S/C22H18N2O.2C2H6/c1-3-5-12-17(11-4-2)20-21(18-13-7-6-8-14-18)23-19-15-9-10-16-24(19)22(20)25;2*1-2/h3-16H,1-2H2;2*1-2H3/b12-5-,17-11+;;. The molecule has 0 aliphatic heterocycles. The summed E-state index contributed by atoms with van der Waals surface area (Å²) in [4.78, 5) is 17.9. The van der Waals surface area contributed by atoms with Gasteiger partial charge in [0.05, 0.1) is 11.3 Å². The van der Waals surface area contributed by atoms with E-state index in [0.29, 0.717) is 16.9 Å². The molecule has 0 bridgehead atoms. The van der Waals surface area contributed by atoms with Crippen molar-refractivity contribution < 1.29 is 0 Å². The largest absolute Gasteiger partial charge is 0.268 e. The van der Waals surface area contributed by atoms with Gasteiger partial charge in [-0.1, -0.05) is 108 Å². The van der Waals surface area contributed by atoms with Gasteiger partial charge in [0.2, 0.25) is 0 Å². The molecule has 3 nitrogen and oxygen atoms in total. The van der Waals surface area contributed by atoms with E-state index in [1.807, 2.05) is 82.3 Å². The second kappa shape index (κ2) is 12.8. The highest BCUT2D eigenvalue weighted by molar-refractivity contribution is 5.84. The summed E-state index contributed by atoms with van der Waals surface area (Å²) in [6.45, 7) is 15.5. The van der Waals surface area contributed by atoms with Gasteiger partial charge in [-0.3, -0.25) is 9.20 Å². The number of aromatic nitrogens is 2. The Labute approximate surface area is 174 Å². The van der Waals surface area contributed by atoms with Crippen LogP contribution in [-0.4, -0.2) is 9.38 Å². The Hall–Kier alpha value is -3.46. The molecular weight excluding hydrogens is 356 g/mol. The second-order valence-corrected chi connectivity index (χ2v) is 5.39.